The van der Waals surface area contributed by atoms with Gasteiger partial charge < -0.3 is 4.90 Å². The van der Waals surface area contributed by atoms with E-state index in [4.69, 9.17) is 0 Å². The van der Waals surface area contributed by atoms with Crippen LogP contribution in [0.5, 0.6) is 0 Å². The van der Waals surface area contributed by atoms with Crippen molar-refractivity contribution in [3.63, 3.8) is 0 Å². The van der Waals surface area contributed by atoms with Crippen molar-refractivity contribution >= 4 is 27.8 Å². The second-order valence-electron chi connectivity index (χ2n) is 16.4. The molecular formula is C60H41N. The Bertz CT molecular complexity index is 3230. The van der Waals surface area contributed by atoms with Crippen molar-refractivity contribution in [1.29, 1.82) is 0 Å². The molecule has 2 atom stereocenters. The standard InChI is InChI=1S/C60H41N/c1-4-19-46(20-5-1)59(55-28-14-15-29-56(55)60(47-21-6-2-7-22-47)54-27-13-12-25-52(54)53-26-16-30-57(59)58(53)60)48-35-39-51(40-36-48)61(49-23-8-3-9-24-49)50-37-33-43(34-38-50)45-32-31-42-17-10-11-18-44(42)41-45/h1-41H. The summed E-state index contributed by atoms with van der Waals surface area (Å²) in [4.78, 5) is 2.37. The van der Waals surface area contributed by atoms with E-state index in [1.807, 2.05) is 0 Å². The first kappa shape index (κ1) is 35.2. The van der Waals surface area contributed by atoms with E-state index in [-0.39, 0.29) is 0 Å². The van der Waals surface area contributed by atoms with Gasteiger partial charge in [-0.05, 0) is 120 Å². The highest BCUT2D eigenvalue weighted by molar-refractivity contribution is 5.92. The molecule has 0 N–H and O–H groups in total. The minimum atomic E-state index is -0.596. The summed E-state index contributed by atoms with van der Waals surface area (Å²) in [6.45, 7) is 0. The molecule has 0 fully saturated rings. The average molecular weight is 776 g/mol. The summed E-state index contributed by atoms with van der Waals surface area (Å²) in [6.07, 6.45) is 0. The largest absolute Gasteiger partial charge is 0.311 e. The highest BCUT2D eigenvalue weighted by atomic mass is 15.1. The van der Waals surface area contributed by atoms with Crippen molar-refractivity contribution in [2.75, 3.05) is 4.90 Å². The van der Waals surface area contributed by atoms with Crippen LogP contribution < -0.4 is 4.90 Å². The molecule has 0 saturated heterocycles. The fourth-order valence-electron chi connectivity index (χ4n) is 10.9. The van der Waals surface area contributed by atoms with Crippen LogP contribution in [0.25, 0.3) is 33.0 Å². The Balaban J connectivity index is 1.06. The fraction of sp³-hybridized carbons (Fsp3) is 0.0333. The summed E-state index contributed by atoms with van der Waals surface area (Å²) in [5.74, 6) is 0. The van der Waals surface area contributed by atoms with E-state index < -0.39 is 10.8 Å². The number of para-hydroxylation sites is 1. The molecule has 0 spiro atoms. The molecule has 2 aliphatic rings. The lowest BCUT2D eigenvalue weighted by molar-refractivity contribution is 0.626. The molecular weight excluding hydrogens is 735 g/mol. The first-order valence-corrected chi connectivity index (χ1v) is 21.3. The topological polar surface area (TPSA) is 3.24 Å². The first-order valence-electron chi connectivity index (χ1n) is 21.3. The van der Waals surface area contributed by atoms with Gasteiger partial charge in [0.05, 0.1) is 10.8 Å². The van der Waals surface area contributed by atoms with Crippen LogP contribution in [0.1, 0.15) is 44.5 Å². The predicted molar refractivity (Wildman–Crippen MR) is 253 cm³/mol. The van der Waals surface area contributed by atoms with Crippen LogP contribution in [0.2, 0.25) is 0 Å². The van der Waals surface area contributed by atoms with Gasteiger partial charge in [-0.3, -0.25) is 0 Å². The van der Waals surface area contributed by atoms with Gasteiger partial charge in [0.25, 0.3) is 0 Å². The number of anilines is 3. The maximum atomic E-state index is 2.41. The van der Waals surface area contributed by atoms with Crippen molar-refractivity contribution in [3.8, 4) is 22.3 Å². The molecule has 0 aliphatic heterocycles. The summed E-state index contributed by atoms with van der Waals surface area (Å²) in [5.41, 5.74) is 17.8. The second kappa shape index (κ2) is 13.9. The molecule has 61 heavy (non-hydrogen) atoms. The SMILES string of the molecule is c1ccc(N(c2ccc(-c3ccc4ccccc4c3)cc2)c2ccc(C3(c4ccccc4)c4ccccc4C4(c5ccccc5)c5ccccc5-c5cccc3c54)cc2)cc1. The predicted octanol–water partition coefficient (Wildman–Crippen LogP) is 15.0. The molecule has 1 heteroatoms. The molecule has 286 valence electrons. The number of hydrogen-bond acceptors (Lipinski definition) is 1. The number of nitrogens with zero attached hydrogens (tertiary/aromatic N) is 1. The zero-order chi connectivity index (χ0) is 40.4. The third-order valence-electron chi connectivity index (χ3n) is 13.4. The highest BCUT2D eigenvalue weighted by Crippen LogP contribution is 2.65. The first-order chi connectivity index (χ1) is 30.3. The molecule has 12 rings (SSSR count). The van der Waals surface area contributed by atoms with Crippen molar-refractivity contribution < 1.29 is 0 Å². The monoisotopic (exact) mass is 775 g/mol. The van der Waals surface area contributed by atoms with Gasteiger partial charge in [0.2, 0.25) is 0 Å². The van der Waals surface area contributed by atoms with E-state index in [9.17, 15) is 0 Å². The molecule has 10 aromatic carbocycles. The average Bonchev–Trinajstić information content (AvgIpc) is 3.65. The summed E-state index contributed by atoms with van der Waals surface area (Å²) >= 11 is 0. The van der Waals surface area contributed by atoms with E-state index in [0.29, 0.717) is 0 Å². The van der Waals surface area contributed by atoms with Crippen molar-refractivity contribution in [2.45, 2.75) is 10.8 Å². The lowest BCUT2D eigenvalue weighted by atomic mass is 9.52. The van der Waals surface area contributed by atoms with E-state index in [0.717, 1.165) is 17.1 Å². The zero-order valence-corrected chi connectivity index (χ0v) is 33.6. The lowest BCUT2D eigenvalue weighted by Crippen LogP contribution is -2.44. The van der Waals surface area contributed by atoms with Gasteiger partial charge in [0, 0.05) is 17.1 Å². The molecule has 0 saturated carbocycles. The van der Waals surface area contributed by atoms with Crippen LogP contribution in [0, 0.1) is 0 Å². The number of fused-ring (bicyclic) bond motifs is 6. The van der Waals surface area contributed by atoms with Gasteiger partial charge in [0.1, 0.15) is 0 Å². The number of hydrogen-bond donors (Lipinski definition) is 0. The molecule has 10 aromatic rings. The van der Waals surface area contributed by atoms with Crippen LogP contribution in [0.15, 0.2) is 249 Å². The van der Waals surface area contributed by atoms with E-state index in [1.165, 1.54) is 77.5 Å². The summed E-state index contributed by atoms with van der Waals surface area (Å²) in [6, 6.07) is 92.2. The smallest absolute Gasteiger partial charge is 0.0720 e. The van der Waals surface area contributed by atoms with Crippen LogP contribution >= 0.6 is 0 Å². The Kier molecular flexibility index (Phi) is 8.05. The zero-order valence-electron chi connectivity index (χ0n) is 33.6. The van der Waals surface area contributed by atoms with E-state index in [1.54, 1.807) is 0 Å². The summed E-state index contributed by atoms with van der Waals surface area (Å²) < 4.78 is 0. The minimum Gasteiger partial charge on any atom is -0.311 e. The molecule has 0 radical (unpaired) electrons. The lowest BCUT2D eigenvalue weighted by Gasteiger charge is -2.49. The maximum Gasteiger partial charge on any atom is 0.0720 e. The third-order valence-corrected chi connectivity index (χ3v) is 13.4. The van der Waals surface area contributed by atoms with E-state index in [2.05, 4.69) is 254 Å². The molecule has 0 heterocycles. The quantitative estimate of drug-likeness (QED) is 0.156. The summed E-state index contributed by atoms with van der Waals surface area (Å²) in [7, 11) is 0. The Morgan fingerprint density at radius 3 is 1.41 bits per heavy atom. The molecule has 0 amide bonds. The van der Waals surface area contributed by atoms with Crippen molar-refractivity contribution in [1.82, 2.24) is 0 Å². The molecule has 1 nitrogen and oxygen atoms in total. The second-order valence-corrected chi connectivity index (χ2v) is 16.4. The van der Waals surface area contributed by atoms with Gasteiger partial charge >= 0.3 is 0 Å². The van der Waals surface area contributed by atoms with Crippen LogP contribution in [0.3, 0.4) is 0 Å². The summed E-state index contributed by atoms with van der Waals surface area (Å²) in [5, 5.41) is 2.50. The number of benzene rings is 10. The third kappa shape index (κ3) is 5.14. The molecule has 0 aromatic heterocycles. The highest BCUT2D eigenvalue weighted by Gasteiger charge is 2.57. The van der Waals surface area contributed by atoms with Crippen LogP contribution in [-0.2, 0) is 10.8 Å². The van der Waals surface area contributed by atoms with Gasteiger partial charge in [0.15, 0.2) is 0 Å². The van der Waals surface area contributed by atoms with Gasteiger partial charge in [-0.1, -0.05) is 206 Å². The van der Waals surface area contributed by atoms with Crippen molar-refractivity contribution in [2.24, 2.45) is 0 Å². The van der Waals surface area contributed by atoms with Gasteiger partial charge in [-0.15, -0.1) is 0 Å². The van der Waals surface area contributed by atoms with Gasteiger partial charge in [-0.25, -0.2) is 0 Å². The molecule has 0 bridgehead atoms. The molecule has 2 unspecified atom stereocenters. The van der Waals surface area contributed by atoms with Crippen molar-refractivity contribution in [3.05, 3.63) is 293 Å². The Morgan fingerprint density at radius 1 is 0.262 bits per heavy atom. The normalized spacial score (nSPS) is 17.0. The Morgan fingerprint density at radius 2 is 0.721 bits per heavy atom. The van der Waals surface area contributed by atoms with Gasteiger partial charge in [-0.2, -0.15) is 0 Å². The fourth-order valence-corrected chi connectivity index (χ4v) is 10.9. The minimum absolute atomic E-state index is 0.471. The molecule has 2 aliphatic carbocycles. The van der Waals surface area contributed by atoms with Crippen LogP contribution in [-0.4, -0.2) is 0 Å². The Labute approximate surface area is 357 Å². The van der Waals surface area contributed by atoms with E-state index >= 15 is 0 Å². The maximum absolute atomic E-state index is 2.41. The number of rotatable bonds is 7. The van der Waals surface area contributed by atoms with Crippen LogP contribution in [0.4, 0.5) is 17.1 Å². The Hall–Kier alpha value is -7.74.